The Bertz CT molecular complexity index is 269. The van der Waals surface area contributed by atoms with E-state index in [0.29, 0.717) is 26.4 Å². The summed E-state index contributed by atoms with van der Waals surface area (Å²) < 4.78 is 16.5. The number of rotatable bonds is 15. The molecule has 1 fully saturated rings. The molecule has 5 heteroatoms. The molecule has 0 atom stereocenters. The molecule has 24 heavy (non-hydrogen) atoms. The second kappa shape index (κ2) is 15.1. The normalized spacial score (nSPS) is 17.0. The van der Waals surface area contributed by atoms with Crippen LogP contribution in [0.1, 0.15) is 40.0 Å². The third kappa shape index (κ3) is 12.2. The van der Waals surface area contributed by atoms with Crippen molar-refractivity contribution in [3.63, 3.8) is 0 Å². The molecule has 0 spiro atoms. The van der Waals surface area contributed by atoms with Gasteiger partial charge in [-0.3, -0.25) is 4.90 Å². The lowest BCUT2D eigenvalue weighted by Gasteiger charge is -2.34. The minimum Gasteiger partial charge on any atom is -0.379 e. The minimum absolute atomic E-state index is 0.666. The second-order valence-electron chi connectivity index (χ2n) is 7.06. The van der Waals surface area contributed by atoms with Crippen molar-refractivity contribution < 1.29 is 14.2 Å². The molecular weight excluding hydrogens is 304 g/mol. The summed E-state index contributed by atoms with van der Waals surface area (Å²) >= 11 is 0. The fourth-order valence-electron chi connectivity index (χ4n) is 2.84. The summed E-state index contributed by atoms with van der Waals surface area (Å²) in [6, 6.07) is 0. The van der Waals surface area contributed by atoms with Crippen molar-refractivity contribution in [3.8, 4) is 0 Å². The fourth-order valence-corrected chi connectivity index (χ4v) is 2.84. The first-order chi connectivity index (χ1) is 11.7. The van der Waals surface area contributed by atoms with Crippen molar-refractivity contribution in [3.05, 3.63) is 0 Å². The van der Waals surface area contributed by atoms with Gasteiger partial charge in [-0.25, -0.2) is 0 Å². The zero-order chi connectivity index (χ0) is 17.5. The van der Waals surface area contributed by atoms with Crippen molar-refractivity contribution >= 4 is 0 Å². The molecule has 0 amide bonds. The van der Waals surface area contributed by atoms with Gasteiger partial charge in [0.25, 0.3) is 0 Å². The van der Waals surface area contributed by atoms with E-state index in [9.17, 15) is 0 Å². The van der Waals surface area contributed by atoms with Gasteiger partial charge in [0.1, 0.15) is 0 Å². The van der Waals surface area contributed by atoms with Crippen molar-refractivity contribution in [2.75, 3.05) is 78.9 Å². The summed E-state index contributed by atoms with van der Waals surface area (Å²) in [6.45, 7) is 18.1. The first-order valence-corrected chi connectivity index (χ1v) is 9.90. The molecule has 0 aliphatic carbocycles. The SMILES string of the molecule is CCCOCCOCCOCCN1CCN(CCCC(C)C)CC1. The maximum absolute atomic E-state index is 5.66. The lowest BCUT2D eigenvalue weighted by atomic mass is 10.1. The van der Waals surface area contributed by atoms with Gasteiger partial charge in [0, 0.05) is 39.3 Å². The number of piperazine rings is 1. The van der Waals surface area contributed by atoms with Gasteiger partial charge in [-0.2, -0.15) is 0 Å². The minimum atomic E-state index is 0.666. The van der Waals surface area contributed by atoms with Gasteiger partial charge in [-0.1, -0.05) is 20.8 Å². The van der Waals surface area contributed by atoms with Gasteiger partial charge in [0.2, 0.25) is 0 Å². The van der Waals surface area contributed by atoms with Gasteiger partial charge >= 0.3 is 0 Å². The van der Waals surface area contributed by atoms with Crippen LogP contribution >= 0.6 is 0 Å². The Kier molecular flexibility index (Phi) is 13.7. The lowest BCUT2D eigenvalue weighted by molar-refractivity contribution is 0.00800. The third-order valence-corrected chi connectivity index (χ3v) is 4.37. The van der Waals surface area contributed by atoms with Gasteiger partial charge in [0.05, 0.1) is 33.0 Å². The fraction of sp³-hybridized carbons (Fsp3) is 1.00. The van der Waals surface area contributed by atoms with Crippen molar-refractivity contribution in [1.29, 1.82) is 0 Å². The Morgan fingerprint density at radius 2 is 1.21 bits per heavy atom. The van der Waals surface area contributed by atoms with Crippen LogP contribution in [0.2, 0.25) is 0 Å². The maximum atomic E-state index is 5.66. The molecule has 0 radical (unpaired) electrons. The van der Waals surface area contributed by atoms with Crippen LogP contribution in [0.4, 0.5) is 0 Å². The summed E-state index contributed by atoms with van der Waals surface area (Å²) in [5, 5.41) is 0. The van der Waals surface area contributed by atoms with Gasteiger partial charge in [0.15, 0.2) is 0 Å². The van der Waals surface area contributed by atoms with Crippen LogP contribution in [-0.4, -0.2) is 88.7 Å². The van der Waals surface area contributed by atoms with Gasteiger partial charge in [-0.05, 0) is 31.7 Å². The largest absolute Gasteiger partial charge is 0.379 e. The molecule has 1 aliphatic heterocycles. The zero-order valence-electron chi connectivity index (χ0n) is 16.3. The molecule has 0 N–H and O–H groups in total. The van der Waals surface area contributed by atoms with E-state index in [-0.39, 0.29) is 0 Å². The molecule has 144 valence electrons. The average molecular weight is 345 g/mol. The van der Waals surface area contributed by atoms with E-state index in [0.717, 1.165) is 32.1 Å². The number of ether oxygens (including phenoxy) is 3. The van der Waals surface area contributed by atoms with E-state index in [1.54, 1.807) is 0 Å². The van der Waals surface area contributed by atoms with E-state index < -0.39 is 0 Å². The summed E-state index contributed by atoms with van der Waals surface area (Å²) in [4.78, 5) is 5.12. The highest BCUT2D eigenvalue weighted by molar-refractivity contribution is 4.71. The molecule has 5 nitrogen and oxygen atoms in total. The molecule has 0 bridgehead atoms. The first-order valence-electron chi connectivity index (χ1n) is 9.90. The Morgan fingerprint density at radius 3 is 1.75 bits per heavy atom. The Morgan fingerprint density at radius 1 is 0.708 bits per heavy atom. The van der Waals surface area contributed by atoms with Crippen LogP contribution in [0.25, 0.3) is 0 Å². The van der Waals surface area contributed by atoms with E-state index in [1.807, 2.05) is 0 Å². The van der Waals surface area contributed by atoms with E-state index >= 15 is 0 Å². The quantitative estimate of drug-likeness (QED) is 0.426. The predicted octanol–water partition coefficient (Wildman–Crippen LogP) is 2.50. The molecule has 1 heterocycles. The highest BCUT2D eigenvalue weighted by atomic mass is 16.5. The van der Waals surface area contributed by atoms with Crippen molar-refractivity contribution in [2.24, 2.45) is 5.92 Å². The van der Waals surface area contributed by atoms with E-state index in [4.69, 9.17) is 14.2 Å². The molecule has 1 aliphatic rings. The topological polar surface area (TPSA) is 34.2 Å². The van der Waals surface area contributed by atoms with Crippen LogP contribution < -0.4 is 0 Å². The molecule has 0 aromatic carbocycles. The van der Waals surface area contributed by atoms with Crippen LogP contribution in [0.3, 0.4) is 0 Å². The van der Waals surface area contributed by atoms with Crippen molar-refractivity contribution in [1.82, 2.24) is 9.80 Å². The summed E-state index contributed by atoms with van der Waals surface area (Å²) in [7, 11) is 0. The molecule has 0 aromatic heterocycles. The van der Waals surface area contributed by atoms with Crippen LogP contribution in [0.15, 0.2) is 0 Å². The lowest BCUT2D eigenvalue weighted by Crippen LogP contribution is -2.47. The Labute approximate surface area is 149 Å². The average Bonchev–Trinajstić information content (AvgIpc) is 2.57. The van der Waals surface area contributed by atoms with Crippen LogP contribution in [0.5, 0.6) is 0 Å². The molecule has 1 saturated heterocycles. The molecule has 0 aromatic rings. The monoisotopic (exact) mass is 344 g/mol. The summed E-state index contributed by atoms with van der Waals surface area (Å²) in [5.74, 6) is 0.830. The molecular formula is C19H40N2O3. The summed E-state index contributed by atoms with van der Waals surface area (Å²) in [5.41, 5.74) is 0. The molecule has 0 unspecified atom stereocenters. The zero-order valence-corrected chi connectivity index (χ0v) is 16.3. The Balaban J connectivity index is 1.84. The highest BCUT2D eigenvalue weighted by Crippen LogP contribution is 2.07. The molecule has 1 rings (SSSR count). The number of hydrogen-bond donors (Lipinski definition) is 0. The third-order valence-electron chi connectivity index (χ3n) is 4.37. The first kappa shape index (κ1) is 21.8. The van der Waals surface area contributed by atoms with E-state index in [2.05, 4.69) is 30.6 Å². The van der Waals surface area contributed by atoms with E-state index in [1.165, 1.54) is 45.6 Å². The van der Waals surface area contributed by atoms with Crippen LogP contribution in [0, 0.1) is 5.92 Å². The van der Waals surface area contributed by atoms with Crippen molar-refractivity contribution in [2.45, 2.75) is 40.0 Å². The number of nitrogens with zero attached hydrogens (tertiary/aromatic N) is 2. The maximum Gasteiger partial charge on any atom is 0.0701 e. The second-order valence-corrected chi connectivity index (χ2v) is 7.06. The van der Waals surface area contributed by atoms with Gasteiger partial charge in [-0.15, -0.1) is 0 Å². The molecule has 0 saturated carbocycles. The number of hydrogen-bond acceptors (Lipinski definition) is 5. The van der Waals surface area contributed by atoms with Gasteiger partial charge < -0.3 is 19.1 Å². The predicted molar refractivity (Wildman–Crippen MR) is 99.7 cm³/mol. The standard InChI is InChI=1S/C19H40N2O3/c1-4-13-22-15-17-24-18-16-23-14-12-21-10-8-20(9-11-21)7-5-6-19(2)3/h19H,4-18H2,1-3H3. The highest BCUT2D eigenvalue weighted by Gasteiger charge is 2.15. The van der Waals surface area contributed by atoms with Crippen LogP contribution in [-0.2, 0) is 14.2 Å². The smallest absolute Gasteiger partial charge is 0.0701 e. The summed E-state index contributed by atoms with van der Waals surface area (Å²) in [6.07, 6.45) is 3.75. The Hall–Kier alpha value is -0.200.